The summed E-state index contributed by atoms with van der Waals surface area (Å²) in [7, 11) is 1.60. The van der Waals surface area contributed by atoms with Crippen LogP contribution in [0, 0.1) is 0 Å². The van der Waals surface area contributed by atoms with Gasteiger partial charge in [-0.1, -0.05) is 48.0 Å². The Labute approximate surface area is 262 Å². The van der Waals surface area contributed by atoms with E-state index in [1.54, 1.807) is 13.2 Å². The standard InChI is InChI=1S/C36H35ClO7/c1-3-41-32-19-24(33-34-26(38)11-7-13-29(34)44-30-14-8-12-27(39)35(30)33)18-25(37)36(32)43-21-23-15-16-28(31(17-23)40-2)42-20-22-9-5-4-6-10-22/h4-6,9-10,15-19,33H,3,7-8,11-14,20-21H2,1-2H3. The first-order valence-corrected chi connectivity index (χ1v) is 15.5. The summed E-state index contributed by atoms with van der Waals surface area (Å²) in [5.41, 5.74) is 3.77. The molecular weight excluding hydrogens is 580 g/mol. The molecule has 6 rings (SSSR count). The van der Waals surface area contributed by atoms with E-state index in [-0.39, 0.29) is 18.2 Å². The molecule has 0 atom stereocenters. The fraction of sp³-hybridized carbons (Fsp3) is 0.333. The third-order valence-corrected chi connectivity index (χ3v) is 8.43. The van der Waals surface area contributed by atoms with Crippen LogP contribution in [0.2, 0.25) is 5.02 Å². The van der Waals surface area contributed by atoms with E-state index in [0.717, 1.165) is 29.5 Å². The molecule has 0 spiro atoms. The summed E-state index contributed by atoms with van der Waals surface area (Å²) in [6.07, 6.45) is 3.70. The second kappa shape index (κ2) is 13.2. The van der Waals surface area contributed by atoms with Gasteiger partial charge in [-0.05, 0) is 60.7 Å². The molecule has 3 aromatic rings. The third kappa shape index (κ3) is 6.06. The minimum absolute atomic E-state index is 0.0146. The van der Waals surface area contributed by atoms with Crippen molar-refractivity contribution < 1.29 is 33.3 Å². The van der Waals surface area contributed by atoms with Crippen molar-refractivity contribution in [2.45, 2.75) is 64.6 Å². The number of allylic oxidation sites excluding steroid dienone is 4. The van der Waals surface area contributed by atoms with Crippen LogP contribution in [0.25, 0.3) is 0 Å². The van der Waals surface area contributed by atoms with Crippen molar-refractivity contribution in [1.29, 1.82) is 0 Å². The number of hydrogen-bond donors (Lipinski definition) is 0. The van der Waals surface area contributed by atoms with Gasteiger partial charge in [0.2, 0.25) is 0 Å². The highest BCUT2D eigenvalue weighted by molar-refractivity contribution is 6.32. The van der Waals surface area contributed by atoms with Crippen molar-refractivity contribution in [2.24, 2.45) is 0 Å². The molecule has 0 fully saturated rings. The molecule has 0 aromatic heterocycles. The number of carbonyl (C=O) groups is 2. The fourth-order valence-corrected chi connectivity index (χ4v) is 6.39. The van der Waals surface area contributed by atoms with Crippen LogP contribution in [0.5, 0.6) is 23.0 Å². The lowest BCUT2D eigenvalue weighted by Crippen LogP contribution is -2.30. The number of rotatable bonds is 10. The molecule has 228 valence electrons. The largest absolute Gasteiger partial charge is 0.493 e. The van der Waals surface area contributed by atoms with Crippen molar-refractivity contribution >= 4 is 23.2 Å². The quantitative estimate of drug-likeness (QED) is 0.229. The molecule has 0 radical (unpaired) electrons. The first-order valence-electron chi connectivity index (χ1n) is 15.1. The van der Waals surface area contributed by atoms with Gasteiger partial charge in [0.15, 0.2) is 34.6 Å². The van der Waals surface area contributed by atoms with E-state index in [0.29, 0.717) is 89.6 Å². The fourth-order valence-electron chi connectivity index (χ4n) is 6.12. The Hall–Kier alpha value is -4.23. The Morgan fingerprint density at radius 3 is 2.09 bits per heavy atom. The Kier molecular flexibility index (Phi) is 8.94. The Morgan fingerprint density at radius 2 is 1.43 bits per heavy atom. The zero-order valence-corrected chi connectivity index (χ0v) is 25.7. The SMILES string of the molecule is CCOc1cc(C2C3=C(CCCC3=O)OC3=C2C(=O)CCC3)cc(Cl)c1OCc1ccc(OCc2ccccc2)c(OC)c1. The van der Waals surface area contributed by atoms with E-state index < -0.39 is 5.92 Å². The molecule has 0 amide bonds. The molecule has 3 aliphatic rings. The van der Waals surface area contributed by atoms with Crippen molar-refractivity contribution in [2.75, 3.05) is 13.7 Å². The van der Waals surface area contributed by atoms with E-state index in [1.165, 1.54) is 0 Å². The van der Waals surface area contributed by atoms with Crippen LogP contribution >= 0.6 is 11.6 Å². The summed E-state index contributed by atoms with van der Waals surface area (Å²) in [5, 5.41) is 0.336. The predicted octanol–water partition coefficient (Wildman–Crippen LogP) is 8.03. The van der Waals surface area contributed by atoms with Gasteiger partial charge in [-0.2, -0.15) is 0 Å². The van der Waals surface area contributed by atoms with Gasteiger partial charge in [0.05, 0.1) is 18.7 Å². The van der Waals surface area contributed by atoms with Gasteiger partial charge in [-0.15, -0.1) is 0 Å². The molecule has 1 aliphatic heterocycles. The normalized spacial score (nSPS) is 16.7. The van der Waals surface area contributed by atoms with E-state index >= 15 is 0 Å². The summed E-state index contributed by atoms with van der Waals surface area (Å²) in [5.74, 6) is 2.92. The molecule has 0 unspecified atom stereocenters. The van der Waals surface area contributed by atoms with E-state index in [2.05, 4.69) is 0 Å². The summed E-state index contributed by atoms with van der Waals surface area (Å²) in [6.45, 7) is 2.89. The third-order valence-electron chi connectivity index (χ3n) is 8.15. The lowest BCUT2D eigenvalue weighted by molar-refractivity contribution is -0.117. The highest BCUT2D eigenvalue weighted by atomic mass is 35.5. The van der Waals surface area contributed by atoms with Crippen LogP contribution in [0.15, 0.2) is 83.3 Å². The lowest BCUT2D eigenvalue weighted by atomic mass is 9.73. The van der Waals surface area contributed by atoms with E-state index in [9.17, 15) is 9.59 Å². The van der Waals surface area contributed by atoms with Crippen LogP contribution < -0.4 is 18.9 Å². The maximum Gasteiger partial charge on any atom is 0.180 e. The summed E-state index contributed by atoms with van der Waals surface area (Å²) in [4.78, 5) is 26.4. The van der Waals surface area contributed by atoms with Crippen molar-refractivity contribution in [3.63, 3.8) is 0 Å². The number of ether oxygens (including phenoxy) is 5. The summed E-state index contributed by atoms with van der Waals surface area (Å²) >= 11 is 6.88. The molecule has 8 heteroatoms. The maximum atomic E-state index is 13.2. The smallest absolute Gasteiger partial charge is 0.180 e. The Balaban J connectivity index is 1.27. The summed E-state index contributed by atoms with van der Waals surface area (Å²) < 4.78 is 30.0. The number of halogens is 1. The van der Waals surface area contributed by atoms with Crippen molar-refractivity contribution in [1.82, 2.24) is 0 Å². The first kappa shape index (κ1) is 29.8. The minimum Gasteiger partial charge on any atom is -0.493 e. The average Bonchev–Trinajstić information content (AvgIpc) is 3.03. The number of benzene rings is 3. The second-order valence-corrected chi connectivity index (χ2v) is 11.5. The monoisotopic (exact) mass is 614 g/mol. The molecule has 44 heavy (non-hydrogen) atoms. The number of Topliss-reactive ketones (excluding diaryl/α,β-unsaturated/α-hetero) is 2. The van der Waals surface area contributed by atoms with E-state index in [4.69, 9.17) is 35.3 Å². The highest BCUT2D eigenvalue weighted by Gasteiger charge is 2.42. The van der Waals surface area contributed by atoms with Crippen molar-refractivity contribution in [3.8, 4) is 23.0 Å². The molecule has 0 saturated carbocycles. The maximum absolute atomic E-state index is 13.2. The summed E-state index contributed by atoms with van der Waals surface area (Å²) in [6, 6.07) is 19.2. The Bertz CT molecular complexity index is 1600. The van der Waals surface area contributed by atoms with Crippen LogP contribution in [0.3, 0.4) is 0 Å². The van der Waals surface area contributed by atoms with Crippen LogP contribution in [-0.4, -0.2) is 25.3 Å². The molecule has 0 bridgehead atoms. The molecule has 2 aliphatic carbocycles. The number of ketones is 2. The zero-order valence-electron chi connectivity index (χ0n) is 25.0. The Morgan fingerprint density at radius 1 is 0.750 bits per heavy atom. The van der Waals surface area contributed by atoms with E-state index in [1.807, 2.05) is 61.5 Å². The molecule has 7 nitrogen and oxygen atoms in total. The second-order valence-electron chi connectivity index (χ2n) is 11.1. The average molecular weight is 615 g/mol. The number of methoxy groups -OCH3 is 1. The number of carbonyl (C=O) groups excluding carboxylic acids is 2. The van der Waals surface area contributed by atoms with Gasteiger partial charge in [0, 0.05) is 42.7 Å². The van der Waals surface area contributed by atoms with Gasteiger partial charge in [-0.3, -0.25) is 9.59 Å². The molecule has 1 heterocycles. The zero-order chi connectivity index (χ0) is 30.6. The molecule has 0 N–H and O–H groups in total. The topological polar surface area (TPSA) is 80.3 Å². The van der Waals surface area contributed by atoms with Gasteiger partial charge in [-0.25, -0.2) is 0 Å². The van der Waals surface area contributed by atoms with Crippen molar-refractivity contribution in [3.05, 3.63) is 105 Å². The predicted molar refractivity (Wildman–Crippen MR) is 166 cm³/mol. The van der Waals surface area contributed by atoms with Crippen LogP contribution in [-0.2, 0) is 27.5 Å². The number of hydrogen-bond acceptors (Lipinski definition) is 7. The van der Waals surface area contributed by atoms with Crippen LogP contribution in [0.4, 0.5) is 0 Å². The lowest BCUT2D eigenvalue weighted by Gasteiger charge is -2.36. The van der Waals surface area contributed by atoms with Gasteiger partial charge in [0.25, 0.3) is 0 Å². The highest BCUT2D eigenvalue weighted by Crippen LogP contribution is 2.50. The van der Waals surface area contributed by atoms with Crippen LogP contribution in [0.1, 0.15) is 68.1 Å². The molecular formula is C36H35ClO7. The van der Waals surface area contributed by atoms with Gasteiger partial charge < -0.3 is 23.7 Å². The van der Waals surface area contributed by atoms with Gasteiger partial charge in [0.1, 0.15) is 24.7 Å². The minimum atomic E-state index is -0.534. The molecule has 3 aromatic carbocycles. The molecule has 0 saturated heterocycles. The van der Waals surface area contributed by atoms with Gasteiger partial charge >= 0.3 is 0 Å². The first-order chi connectivity index (χ1) is 21.5.